The molecule has 0 bridgehead atoms. The Bertz CT molecular complexity index is 424. The Kier molecular flexibility index (Phi) is 5.01. The molecule has 0 radical (unpaired) electrons. The molecule has 2 unspecified atom stereocenters. The van der Waals surface area contributed by atoms with E-state index in [1.165, 1.54) is 6.07 Å². The largest absolute Gasteiger partial charge is 0.381 e. The minimum absolute atomic E-state index is 0.0388. The van der Waals surface area contributed by atoms with E-state index < -0.39 is 0 Å². The molecule has 0 aliphatic carbocycles. The third kappa shape index (κ3) is 3.05. The number of ether oxygens (including phenoxy) is 1. The fourth-order valence-corrected chi connectivity index (χ4v) is 2.83. The van der Waals surface area contributed by atoms with Gasteiger partial charge in [-0.25, -0.2) is 4.39 Å². The highest BCUT2D eigenvalue weighted by Gasteiger charge is 2.28. The lowest BCUT2D eigenvalue weighted by molar-refractivity contribution is 0.176. The lowest BCUT2D eigenvalue weighted by Crippen LogP contribution is -2.29. The maximum absolute atomic E-state index is 14.1. The third-order valence-electron chi connectivity index (χ3n) is 3.24. The lowest BCUT2D eigenvalue weighted by Gasteiger charge is -2.24. The number of rotatable bonds is 4. The van der Waals surface area contributed by atoms with Crippen LogP contribution in [0.15, 0.2) is 16.6 Å². The Labute approximate surface area is 120 Å². The quantitative estimate of drug-likeness (QED) is 0.841. The first-order chi connectivity index (χ1) is 8.63. The molecule has 2 nitrogen and oxygen atoms in total. The van der Waals surface area contributed by atoms with Crippen LogP contribution in [-0.2, 0) is 4.74 Å². The highest BCUT2D eigenvalue weighted by Crippen LogP contribution is 2.34. The van der Waals surface area contributed by atoms with Crippen LogP contribution in [0.5, 0.6) is 0 Å². The first-order valence-electron chi connectivity index (χ1n) is 6.09. The summed E-state index contributed by atoms with van der Waals surface area (Å²) in [6.45, 7) is 4.22. The van der Waals surface area contributed by atoms with E-state index in [0.717, 1.165) is 19.6 Å². The average molecular weight is 337 g/mol. The van der Waals surface area contributed by atoms with Gasteiger partial charge in [0, 0.05) is 28.6 Å². The Hall–Kier alpha value is -0.160. The van der Waals surface area contributed by atoms with Crippen molar-refractivity contribution in [2.24, 2.45) is 5.92 Å². The van der Waals surface area contributed by atoms with Gasteiger partial charge in [-0.1, -0.05) is 18.5 Å². The molecule has 1 aromatic carbocycles. The maximum Gasteiger partial charge on any atom is 0.129 e. The number of halogens is 3. The van der Waals surface area contributed by atoms with E-state index in [-0.39, 0.29) is 11.9 Å². The van der Waals surface area contributed by atoms with E-state index in [4.69, 9.17) is 16.3 Å². The van der Waals surface area contributed by atoms with Crippen LogP contribution in [0.2, 0.25) is 5.02 Å². The first-order valence-corrected chi connectivity index (χ1v) is 7.26. The van der Waals surface area contributed by atoms with Crippen LogP contribution in [0.1, 0.15) is 24.9 Å². The zero-order chi connectivity index (χ0) is 13.1. The van der Waals surface area contributed by atoms with Gasteiger partial charge in [0.05, 0.1) is 11.6 Å². The molecule has 0 aromatic heterocycles. The van der Waals surface area contributed by atoms with Gasteiger partial charge in [-0.05, 0) is 41.0 Å². The van der Waals surface area contributed by atoms with Gasteiger partial charge in [0.25, 0.3) is 0 Å². The predicted molar refractivity (Wildman–Crippen MR) is 74.5 cm³/mol. The van der Waals surface area contributed by atoms with Gasteiger partial charge in [0.1, 0.15) is 5.82 Å². The van der Waals surface area contributed by atoms with Crippen LogP contribution >= 0.6 is 27.5 Å². The molecule has 2 atom stereocenters. The Balaban J connectivity index is 2.32. The summed E-state index contributed by atoms with van der Waals surface area (Å²) in [5, 5.41) is 3.87. The van der Waals surface area contributed by atoms with Crippen LogP contribution in [0.3, 0.4) is 0 Å². The van der Waals surface area contributed by atoms with Crippen molar-refractivity contribution >= 4 is 27.5 Å². The van der Waals surface area contributed by atoms with Crippen molar-refractivity contribution < 1.29 is 9.13 Å². The van der Waals surface area contributed by atoms with E-state index in [1.807, 2.05) is 6.92 Å². The van der Waals surface area contributed by atoms with Crippen molar-refractivity contribution in [1.29, 1.82) is 0 Å². The van der Waals surface area contributed by atoms with Crippen molar-refractivity contribution in [3.8, 4) is 0 Å². The average Bonchev–Trinajstić information content (AvgIpc) is 2.85. The molecule has 1 aromatic rings. The van der Waals surface area contributed by atoms with Crippen molar-refractivity contribution in [3.63, 3.8) is 0 Å². The Morgan fingerprint density at radius 1 is 1.61 bits per heavy atom. The number of hydrogen-bond donors (Lipinski definition) is 1. The standard InChI is InChI=1S/C13H16BrClFNO/c1-2-17-13(8-3-4-18-7-8)9-5-11(15)10(14)6-12(9)16/h5-6,8,13,17H,2-4,7H2,1H3. The number of hydrogen-bond acceptors (Lipinski definition) is 2. The molecule has 5 heteroatoms. The molecule has 1 aliphatic heterocycles. The smallest absolute Gasteiger partial charge is 0.129 e. The summed E-state index contributed by atoms with van der Waals surface area (Å²) in [7, 11) is 0. The van der Waals surface area contributed by atoms with Gasteiger partial charge >= 0.3 is 0 Å². The molecule has 2 rings (SSSR count). The van der Waals surface area contributed by atoms with E-state index in [2.05, 4.69) is 21.2 Å². The van der Waals surface area contributed by atoms with Crippen molar-refractivity contribution in [3.05, 3.63) is 33.0 Å². The molecule has 1 saturated heterocycles. The van der Waals surface area contributed by atoms with Crippen LogP contribution in [0.4, 0.5) is 4.39 Å². The maximum atomic E-state index is 14.1. The SMILES string of the molecule is CCNC(c1cc(Cl)c(Br)cc1F)C1CCOC1. The summed E-state index contributed by atoms with van der Waals surface area (Å²) in [4.78, 5) is 0. The van der Waals surface area contributed by atoms with Gasteiger partial charge < -0.3 is 10.1 Å². The molecule has 100 valence electrons. The van der Waals surface area contributed by atoms with Gasteiger partial charge in [-0.2, -0.15) is 0 Å². The van der Waals surface area contributed by atoms with Crippen molar-refractivity contribution in [2.75, 3.05) is 19.8 Å². The summed E-state index contributed by atoms with van der Waals surface area (Å²) in [6, 6.07) is 3.09. The second kappa shape index (κ2) is 6.33. The monoisotopic (exact) mass is 335 g/mol. The third-order valence-corrected chi connectivity index (χ3v) is 4.43. The molecule has 1 N–H and O–H groups in total. The van der Waals surface area contributed by atoms with Gasteiger partial charge in [0.2, 0.25) is 0 Å². The predicted octanol–water partition coefficient (Wildman–Crippen LogP) is 3.93. The summed E-state index contributed by atoms with van der Waals surface area (Å²) in [5.74, 6) is 0.0702. The molecule has 1 aliphatic rings. The minimum atomic E-state index is -0.232. The number of nitrogens with one attached hydrogen (secondary N) is 1. The molecule has 0 saturated carbocycles. The summed E-state index contributed by atoms with van der Waals surface area (Å²) in [6.07, 6.45) is 0.949. The summed E-state index contributed by atoms with van der Waals surface area (Å²) >= 11 is 9.30. The molecule has 18 heavy (non-hydrogen) atoms. The first kappa shape index (κ1) is 14.3. The fourth-order valence-electron chi connectivity index (χ4n) is 2.34. The van der Waals surface area contributed by atoms with Crippen molar-refractivity contribution in [1.82, 2.24) is 5.32 Å². The Morgan fingerprint density at radius 2 is 2.39 bits per heavy atom. The van der Waals surface area contributed by atoms with Crippen molar-refractivity contribution in [2.45, 2.75) is 19.4 Å². The highest BCUT2D eigenvalue weighted by atomic mass is 79.9. The Morgan fingerprint density at radius 3 is 3.00 bits per heavy atom. The van der Waals surface area contributed by atoms with Crippen LogP contribution in [0, 0.1) is 11.7 Å². The molecular weight excluding hydrogens is 321 g/mol. The second-order valence-electron chi connectivity index (χ2n) is 4.45. The fraction of sp³-hybridized carbons (Fsp3) is 0.538. The zero-order valence-corrected chi connectivity index (χ0v) is 12.5. The van der Waals surface area contributed by atoms with E-state index >= 15 is 0 Å². The zero-order valence-electron chi connectivity index (χ0n) is 10.2. The molecule has 1 heterocycles. The minimum Gasteiger partial charge on any atom is -0.381 e. The summed E-state index contributed by atoms with van der Waals surface area (Å²) < 4.78 is 20.1. The van der Waals surface area contributed by atoms with E-state index in [1.54, 1.807) is 6.07 Å². The van der Waals surface area contributed by atoms with Crippen LogP contribution < -0.4 is 5.32 Å². The molecule has 0 spiro atoms. The second-order valence-corrected chi connectivity index (χ2v) is 5.71. The lowest BCUT2D eigenvalue weighted by atomic mass is 9.92. The molecule has 1 fully saturated rings. The van der Waals surface area contributed by atoms with Crippen LogP contribution in [0.25, 0.3) is 0 Å². The van der Waals surface area contributed by atoms with Gasteiger partial charge in [-0.15, -0.1) is 0 Å². The van der Waals surface area contributed by atoms with Gasteiger partial charge in [0.15, 0.2) is 0 Å². The molecular formula is C13H16BrClFNO. The highest BCUT2D eigenvalue weighted by molar-refractivity contribution is 9.10. The number of benzene rings is 1. The van der Waals surface area contributed by atoms with E-state index in [9.17, 15) is 4.39 Å². The normalized spacial score (nSPS) is 21.2. The van der Waals surface area contributed by atoms with Gasteiger partial charge in [-0.3, -0.25) is 0 Å². The molecule has 0 amide bonds. The topological polar surface area (TPSA) is 21.3 Å². The van der Waals surface area contributed by atoms with E-state index in [0.29, 0.717) is 27.6 Å². The van der Waals surface area contributed by atoms with Crippen LogP contribution in [-0.4, -0.2) is 19.8 Å². The summed E-state index contributed by atoms with van der Waals surface area (Å²) in [5.41, 5.74) is 0.626.